The molecule has 0 radical (unpaired) electrons. The fourth-order valence-corrected chi connectivity index (χ4v) is 1.91. The molecule has 2 aromatic rings. The molecule has 1 aromatic heterocycles. The molecule has 1 N–H and O–H groups in total. The summed E-state index contributed by atoms with van der Waals surface area (Å²) in [6.07, 6.45) is -4.26. The number of aromatic carboxylic acids is 1. The maximum atomic E-state index is 12.7. The van der Waals surface area contributed by atoms with E-state index in [1.165, 1.54) is 0 Å². The Balaban J connectivity index is 2.63. The smallest absolute Gasteiger partial charge is 0.416 e. The highest BCUT2D eigenvalue weighted by Crippen LogP contribution is 2.33. The Hall–Kier alpha value is -2.09. The molecular formula is C12H9ClF3N3O2. The zero-order valence-corrected chi connectivity index (χ0v) is 11.4. The highest BCUT2D eigenvalue weighted by atomic mass is 35.5. The maximum Gasteiger partial charge on any atom is 0.416 e. The molecule has 1 aromatic carbocycles. The molecule has 5 nitrogen and oxygen atoms in total. The van der Waals surface area contributed by atoms with Crippen LogP contribution in [0.1, 0.15) is 28.9 Å². The molecular weight excluding hydrogens is 311 g/mol. The Kier molecular flexibility index (Phi) is 3.91. The fourth-order valence-electron chi connectivity index (χ4n) is 1.71. The number of aryl methyl sites for hydroxylation is 1. The second-order valence-corrected chi connectivity index (χ2v) is 4.49. The molecule has 0 saturated heterocycles. The average molecular weight is 320 g/mol. The number of carboxylic acids is 1. The van der Waals surface area contributed by atoms with Gasteiger partial charge in [0, 0.05) is 6.42 Å². The minimum absolute atomic E-state index is 0.0135. The van der Waals surface area contributed by atoms with E-state index in [9.17, 15) is 18.0 Å². The van der Waals surface area contributed by atoms with Crippen LogP contribution in [0.5, 0.6) is 0 Å². The molecule has 0 atom stereocenters. The number of carboxylic acid groups (broad SMARTS) is 1. The van der Waals surface area contributed by atoms with Gasteiger partial charge in [-0.05, 0) is 18.2 Å². The highest BCUT2D eigenvalue weighted by molar-refractivity contribution is 6.32. The Bertz CT molecular complexity index is 698. The number of halogens is 4. The van der Waals surface area contributed by atoms with Gasteiger partial charge in [0.25, 0.3) is 5.82 Å². The van der Waals surface area contributed by atoms with E-state index in [2.05, 4.69) is 10.1 Å². The third kappa shape index (κ3) is 2.99. The zero-order chi connectivity index (χ0) is 15.8. The van der Waals surface area contributed by atoms with Crippen molar-refractivity contribution in [3.8, 4) is 5.69 Å². The lowest BCUT2D eigenvalue weighted by molar-refractivity contribution is -0.137. The molecule has 1 heterocycles. The Morgan fingerprint density at radius 1 is 1.43 bits per heavy atom. The average Bonchev–Trinajstić information content (AvgIpc) is 2.82. The summed E-state index contributed by atoms with van der Waals surface area (Å²) >= 11 is 5.90. The van der Waals surface area contributed by atoms with Crippen molar-refractivity contribution < 1.29 is 23.1 Å². The number of carbonyl (C=O) groups is 1. The monoisotopic (exact) mass is 319 g/mol. The number of alkyl halides is 3. The van der Waals surface area contributed by atoms with Crippen LogP contribution in [0.2, 0.25) is 5.02 Å². The van der Waals surface area contributed by atoms with E-state index in [0.717, 1.165) is 22.9 Å². The first kappa shape index (κ1) is 15.3. The lowest BCUT2D eigenvalue weighted by Gasteiger charge is -2.11. The van der Waals surface area contributed by atoms with Crippen molar-refractivity contribution in [3.05, 3.63) is 40.4 Å². The molecule has 0 spiro atoms. The molecule has 21 heavy (non-hydrogen) atoms. The largest absolute Gasteiger partial charge is 0.475 e. The summed E-state index contributed by atoms with van der Waals surface area (Å²) in [6, 6.07) is 2.73. The van der Waals surface area contributed by atoms with Crippen molar-refractivity contribution in [2.75, 3.05) is 0 Å². The van der Waals surface area contributed by atoms with Crippen LogP contribution in [-0.2, 0) is 12.6 Å². The second-order valence-electron chi connectivity index (χ2n) is 4.09. The van der Waals surface area contributed by atoms with Crippen molar-refractivity contribution in [1.82, 2.24) is 14.8 Å². The molecule has 0 saturated carbocycles. The summed E-state index contributed by atoms with van der Waals surface area (Å²) in [5.41, 5.74) is -0.973. The van der Waals surface area contributed by atoms with E-state index in [4.69, 9.17) is 16.7 Å². The molecule has 0 bridgehead atoms. The van der Waals surface area contributed by atoms with Gasteiger partial charge in [-0.3, -0.25) is 0 Å². The van der Waals surface area contributed by atoms with Crippen LogP contribution in [0, 0.1) is 0 Å². The number of rotatable bonds is 3. The molecule has 0 aliphatic rings. The van der Waals surface area contributed by atoms with E-state index in [1.54, 1.807) is 6.92 Å². The van der Waals surface area contributed by atoms with Gasteiger partial charge < -0.3 is 5.11 Å². The zero-order valence-electron chi connectivity index (χ0n) is 10.6. The lowest BCUT2D eigenvalue weighted by atomic mass is 10.2. The number of aromatic nitrogens is 3. The minimum atomic E-state index is -4.54. The van der Waals surface area contributed by atoms with Gasteiger partial charge >= 0.3 is 12.1 Å². The Labute approximate surface area is 122 Å². The van der Waals surface area contributed by atoms with E-state index in [1.807, 2.05) is 0 Å². The summed E-state index contributed by atoms with van der Waals surface area (Å²) in [4.78, 5) is 14.6. The third-order valence-electron chi connectivity index (χ3n) is 2.68. The van der Waals surface area contributed by atoms with Crippen LogP contribution < -0.4 is 0 Å². The van der Waals surface area contributed by atoms with Gasteiger partial charge in [-0.15, -0.1) is 5.10 Å². The summed E-state index contributed by atoms with van der Waals surface area (Å²) in [5.74, 6) is -1.67. The standard InChI is InChI=1S/C12H9ClF3N3O2/c1-2-9-17-10(11(20)21)18-19(9)8-5-6(12(14,15)16)3-4-7(8)13/h3-5H,2H2,1H3,(H,20,21). The molecule has 0 amide bonds. The molecule has 0 aliphatic carbocycles. The van der Waals surface area contributed by atoms with Gasteiger partial charge in [0.2, 0.25) is 0 Å². The van der Waals surface area contributed by atoms with Gasteiger partial charge in [-0.25, -0.2) is 14.5 Å². The van der Waals surface area contributed by atoms with Crippen LogP contribution in [-0.4, -0.2) is 25.8 Å². The first-order valence-electron chi connectivity index (χ1n) is 5.80. The van der Waals surface area contributed by atoms with Crippen molar-refractivity contribution >= 4 is 17.6 Å². The number of hydrogen-bond acceptors (Lipinski definition) is 3. The summed E-state index contributed by atoms with van der Waals surface area (Å²) in [6.45, 7) is 1.67. The lowest BCUT2D eigenvalue weighted by Crippen LogP contribution is -2.09. The van der Waals surface area contributed by atoms with Gasteiger partial charge in [0.15, 0.2) is 0 Å². The number of nitrogens with zero attached hydrogens (tertiary/aromatic N) is 3. The topological polar surface area (TPSA) is 68.0 Å². The molecule has 9 heteroatoms. The second kappa shape index (κ2) is 5.36. The predicted molar refractivity (Wildman–Crippen MR) is 67.7 cm³/mol. The molecule has 0 fully saturated rings. The Morgan fingerprint density at radius 2 is 2.10 bits per heavy atom. The van der Waals surface area contributed by atoms with E-state index >= 15 is 0 Å². The first-order valence-corrected chi connectivity index (χ1v) is 6.18. The van der Waals surface area contributed by atoms with E-state index in [-0.39, 0.29) is 23.0 Å². The summed E-state index contributed by atoms with van der Waals surface area (Å²) < 4.78 is 39.3. The highest BCUT2D eigenvalue weighted by Gasteiger charge is 2.31. The maximum absolute atomic E-state index is 12.7. The van der Waals surface area contributed by atoms with Crippen LogP contribution >= 0.6 is 11.6 Å². The molecule has 0 unspecified atom stereocenters. The van der Waals surface area contributed by atoms with Gasteiger partial charge in [0.1, 0.15) is 5.82 Å². The van der Waals surface area contributed by atoms with Gasteiger partial charge in [-0.1, -0.05) is 18.5 Å². The van der Waals surface area contributed by atoms with Crippen LogP contribution in [0.3, 0.4) is 0 Å². The molecule has 0 aliphatic heterocycles. The number of hydrogen-bond donors (Lipinski definition) is 1. The van der Waals surface area contributed by atoms with Crippen LogP contribution in [0.25, 0.3) is 5.69 Å². The quantitative estimate of drug-likeness (QED) is 0.943. The van der Waals surface area contributed by atoms with E-state index < -0.39 is 23.5 Å². The molecule has 112 valence electrons. The summed E-state index contributed by atoms with van der Waals surface area (Å²) in [7, 11) is 0. The van der Waals surface area contributed by atoms with Crippen LogP contribution in [0.15, 0.2) is 18.2 Å². The van der Waals surface area contributed by atoms with Crippen LogP contribution in [0.4, 0.5) is 13.2 Å². The minimum Gasteiger partial charge on any atom is -0.475 e. The first-order chi connectivity index (χ1) is 9.74. The normalized spacial score (nSPS) is 11.7. The van der Waals surface area contributed by atoms with Gasteiger partial charge in [-0.2, -0.15) is 13.2 Å². The van der Waals surface area contributed by atoms with Crippen molar-refractivity contribution in [2.45, 2.75) is 19.5 Å². The van der Waals surface area contributed by atoms with Crippen molar-refractivity contribution in [1.29, 1.82) is 0 Å². The number of benzene rings is 1. The summed E-state index contributed by atoms with van der Waals surface area (Å²) in [5, 5.41) is 12.6. The SMILES string of the molecule is CCc1nc(C(=O)O)nn1-c1cc(C(F)(F)F)ccc1Cl. The van der Waals surface area contributed by atoms with Gasteiger partial charge in [0.05, 0.1) is 16.3 Å². The Morgan fingerprint density at radius 3 is 2.62 bits per heavy atom. The molecule has 2 rings (SSSR count). The van der Waals surface area contributed by atoms with Crippen molar-refractivity contribution in [2.24, 2.45) is 0 Å². The third-order valence-corrected chi connectivity index (χ3v) is 3.00. The van der Waals surface area contributed by atoms with Crippen molar-refractivity contribution in [3.63, 3.8) is 0 Å². The van der Waals surface area contributed by atoms with E-state index in [0.29, 0.717) is 0 Å². The predicted octanol–water partition coefficient (Wildman–Crippen LogP) is 3.20. The fraction of sp³-hybridized carbons (Fsp3) is 0.250.